The Kier molecular flexibility index (Phi) is 4.07. The summed E-state index contributed by atoms with van der Waals surface area (Å²) >= 11 is 9.32. The molecule has 0 saturated carbocycles. The zero-order valence-corrected chi connectivity index (χ0v) is 12.5. The van der Waals surface area contributed by atoms with E-state index in [9.17, 15) is 0 Å². The molecule has 0 spiro atoms. The maximum atomic E-state index is 7.46. The Morgan fingerprint density at radius 1 is 1.42 bits per heavy atom. The molecule has 6 heteroatoms. The summed E-state index contributed by atoms with van der Waals surface area (Å²) in [5.41, 5.74) is 7.06. The fourth-order valence-electron chi connectivity index (χ4n) is 1.66. The molecule has 3 N–H and O–H groups in total. The van der Waals surface area contributed by atoms with E-state index in [0.717, 1.165) is 16.0 Å². The summed E-state index contributed by atoms with van der Waals surface area (Å²) in [6.07, 6.45) is 1.59. The highest BCUT2D eigenvalue weighted by Crippen LogP contribution is 2.30. The predicted molar refractivity (Wildman–Crippen MR) is 82.5 cm³/mol. The monoisotopic (exact) mass is 338 g/mol. The number of amidine groups is 1. The molecule has 0 bridgehead atoms. The second-order valence-electron chi connectivity index (χ2n) is 3.98. The van der Waals surface area contributed by atoms with E-state index < -0.39 is 0 Å². The number of nitrogens with two attached hydrogens (primary N) is 1. The van der Waals surface area contributed by atoms with Crippen molar-refractivity contribution in [1.29, 1.82) is 5.41 Å². The first-order chi connectivity index (χ1) is 8.99. The van der Waals surface area contributed by atoms with E-state index in [2.05, 4.69) is 20.9 Å². The van der Waals surface area contributed by atoms with Crippen LogP contribution in [-0.4, -0.2) is 17.9 Å². The van der Waals surface area contributed by atoms with Gasteiger partial charge in [0, 0.05) is 24.5 Å². The summed E-state index contributed by atoms with van der Waals surface area (Å²) in [5, 5.41) is 8.04. The highest BCUT2D eigenvalue weighted by Gasteiger charge is 2.11. The second kappa shape index (κ2) is 5.59. The molecule has 1 heterocycles. The number of rotatable bonds is 3. The summed E-state index contributed by atoms with van der Waals surface area (Å²) in [6.45, 7) is 0. The third-order valence-corrected chi connectivity index (χ3v) is 3.44. The van der Waals surface area contributed by atoms with E-state index in [-0.39, 0.29) is 5.84 Å². The summed E-state index contributed by atoms with van der Waals surface area (Å²) in [5.74, 6) is 0.781. The molecule has 19 heavy (non-hydrogen) atoms. The van der Waals surface area contributed by atoms with Crippen LogP contribution in [0.3, 0.4) is 0 Å². The van der Waals surface area contributed by atoms with Gasteiger partial charge in [-0.05, 0) is 34.1 Å². The van der Waals surface area contributed by atoms with Crippen LogP contribution in [-0.2, 0) is 0 Å². The zero-order chi connectivity index (χ0) is 14.0. The topological polar surface area (TPSA) is 66.0 Å². The molecule has 0 radical (unpaired) electrons. The molecule has 1 aromatic heterocycles. The zero-order valence-electron chi connectivity index (χ0n) is 10.2. The van der Waals surface area contributed by atoms with E-state index in [0.29, 0.717) is 10.6 Å². The number of anilines is 2. The minimum absolute atomic E-state index is 0.0402. The molecule has 2 aromatic rings. The van der Waals surface area contributed by atoms with Crippen molar-refractivity contribution in [1.82, 2.24) is 4.98 Å². The lowest BCUT2D eigenvalue weighted by molar-refractivity contribution is 1.12. The summed E-state index contributed by atoms with van der Waals surface area (Å²) in [7, 11) is 1.89. The van der Waals surface area contributed by atoms with Crippen molar-refractivity contribution in [3.05, 3.63) is 51.6 Å². The second-order valence-corrected chi connectivity index (χ2v) is 5.27. The van der Waals surface area contributed by atoms with E-state index >= 15 is 0 Å². The molecule has 1 aromatic carbocycles. The van der Waals surface area contributed by atoms with Gasteiger partial charge in [-0.1, -0.05) is 23.7 Å². The minimum atomic E-state index is 0.0402. The Hall–Kier alpha value is -1.59. The molecular weight excluding hydrogens is 328 g/mol. The first-order valence-electron chi connectivity index (χ1n) is 5.48. The van der Waals surface area contributed by atoms with Crippen LogP contribution in [0.2, 0.25) is 5.02 Å². The van der Waals surface area contributed by atoms with Gasteiger partial charge in [-0.3, -0.25) is 5.41 Å². The molecule has 2 rings (SSSR count). The van der Waals surface area contributed by atoms with Crippen molar-refractivity contribution >= 4 is 44.9 Å². The molecule has 0 aliphatic heterocycles. The van der Waals surface area contributed by atoms with E-state index in [4.69, 9.17) is 22.7 Å². The average Bonchev–Trinajstić information content (AvgIpc) is 2.38. The normalized spacial score (nSPS) is 10.3. The Bertz CT molecular complexity index is 630. The van der Waals surface area contributed by atoms with Crippen molar-refractivity contribution in [3.8, 4) is 0 Å². The van der Waals surface area contributed by atoms with Crippen molar-refractivity contribution in [2.24, 2.45) is 5.73 Å². The fourth-order valence-corrected chi connectivity index (χ4v) is 2.56. The third-order valence-electron chi connectivity index (χ3n) is 2.65. The van der Waals surface area contributed by atoms with E-state index in [1.807, 2.05) is 30.1 Å². The first-order valence-corrected chi connectivity index (χ1v) is 6.65. The predicted octanol–water partition coefficient (Wildman–Crippen LogP) is 3.55. The van der Waals surface area contributed by atoms with Crippen LogP contribution < -0.4 is 10.6 Å². The van der Waals surface area contributed by atoms with Gasteiger partial charge in [0.2, 0.25) is 0 Å². The number of hydrogen-bond donors (Lipinski definition) is 2. The minimum Gasteiger partial charge on any atom is -0.384 e. The van der Waals surface area contributed by atoms with Gasteiger partial charge < -0.3 is 10.6 Å². The van der Waals surface area contributed by atoms with Gasteiger partial charge in [-0.25, -0.2) is 4.98 Å². The largest absolute Gasteiger partial charge is 0.384 e. The number of pyridine rings is 1. The Morgan fingerprint density at radius 3 is 2.79 bits per heavy atom. The molecule has 0 aliphatic carbocycles. The van der Waals surface area contributed by atoms with Gasteiger partial charge in [-0.2, -0.15) is 0 Å². The smallest absolute Gasteiger partial charge is 0.147 e. The molecule has 0 amide bonds. The molecule has 98 valence electrons. The van der Waals surface area contributed by atoms with Crippen LogP contribution in [0.15, 0.2) is 41.0 Å². The lowest BCUT2D eigenvalue weighted by atomic mass is 10.2. The van der Waals surface area contributed by atoms with Crippen molar-refractivity contribution in [2.75, 3.05) is 11.9 Å². The number of nitrogen functional groups attached to an aromatic ring is 1. The Labute approximate surface area is 124 Å². The SMILES string of the molecule is CN(c1cccc(C(=N)N)c1)c1ncc(Cl)cc1Br. The molecule has 0 saturated heterocycles. The number of hydrogen-bond acceptors (Lipinski definition) is 3. The number of benzene rings is 1. The molecular formula is C13H12BrClN4. The molecule has 0 fully saturated rings. The van der Waals surface area contributed by atoms with Gasteiger partial charge in [0.15, 0.2) is 0 Å². The van der Waals surface area contributed by atoms with E-state index in [1.54, 1.807) is 18.3 Å². The van der Waals surface area contributed by atoms with Crippen LogP contribution in [0.1, 0.15) is 5.56 Å². The van der Waals surface area contributed by atoms with Crippen LogP contribution in [0.5, 0.6) is 0 Å². The Balaban J connectivity index is 2.41. The quantitative estimate of drug-likeness (QED) is 0.664. The van der Waals surface area contributed by atoms with Gasteiger partial charge in [0.1, 0.15) is 11.7 Å². The van der Waals surface area contributed by atoms with Gasteiger partial charge in [0.25, 0.3) is 0 Å². The molecule has 0 unspecified atom stereocenters. The van der Waals surface area contributed by atoms with Crippen molar-refractivity contribution in [2.45, 2.75) is 0 Å². The van der Waals surface area contributed by atoms with Crippen LogP contribution in [0.4, 0.5) is 11.5 Å². The van der Waals surface area contributed by atoms with Crippen LogP contribution in [0, 0.1) is 5.41 Å². The first kappa shape index (κ1) is 13.8. The molecule has 4 nitrogen and oxygen atoms in total. The third kappa shape index (κ3) is 3.05. The highest BCUT2D eigenvalue weighted by atomic mass is 79.9. The summed E-state index contributed by atoms with van der Waals surface area (Å²) in [4.78, 5) is 6.19. The summed E-state index contributed by atoms with van der Waals surface area (Å²) < 4.78 is 0.802. The van der Waals surface area contributed by atoms with Gasteiger partial charge in [-0.15, -0.1) is 0 Å². The van der Waals surface area contributed by atoms with Crippen LogP contribution >= 0.6 is 27.5 Å². The average molecular weight is 340 g/mol. The van der Waals surface area contributed by atoms with Crippen LogP contribution in [0.25, 0.3) is 0 Å². The van der Waals surface area contributed by atoms with Gasteiger partial charge in [0.05, 0.1) is 9.50 Å². The number of nitrogens with one attached hydrogen (secondary N) is 1. The lowest BCUT2D eigenvalue weighted by Gasteiger charge is -2.20. The number of halogens is 2. The molecule has 0 atom stereocenters. The van der Waals surface area contributed by atoms with E-state index in [1.165, 1.54) is 0 Å². The van der Waals surface area contributed by atoms with Gasteiger partial charge >= 0.3 is 0 Å². The number of nitrogens with zero attached hydrogens (tertiary/aromatic N) is 2. The lowest BCUT2D eigenvalue weighted by Crippen LogP contribution is -2.15. The standard InChI is InChI=1S/C13H12BrClN4/c1-19(13-11(14)6-9(15)7-18-13)10-4-2-3-8(5-10)12(16)17/h2-7H,1H3,(H3,16,17). The summed E-state index contributed by atoms with van der Waals surface area (Å²) in [6, 6.07) is 9.20. The maximum Gasteiger partial charge on any atom is 0.147 e. The van der Waals surface area contributed by atoms with Crippen molar-refractivity contribution < 1.29 is 0 Å². The molecule has 0 aliphatic rings. The number of aromatic nitrogens is 1. The highest BCUT2D eigenvalue weighted by molar-refractivity contribution is 9.10. The fraction of sp³-hybridized carbons (Fsp3) is 0.0769. The Morgan fingerprint density at radius 2 is 2.16 bits per heavy atom. The van der Waals surface area contributed by atoms with Crippen molar-refractivity contribution in [3.63, 3.8) is 0 Å². The maximum absolute atomic E-state index is 7.46.